The molecule has 7 rings (SSSR count). The van der Waals surface area contributed by atoms with Crippen LogP contribution < -0.4 is 28.7 Å². The predicted octanol–water partition coefficient (Wildman–Crippen LogP) is 6.70. The number of carboxylic acid groups (broad SMARTS) is 2. The van der Waals surface area contributed by atoms with Gasteiger partial charge in [0.1, 0.15) is 5.75 Å². The Hall–Kier alpha value is -6.65. The van der Waals surface area contributed by atoms with Gasteiger partial charge in [-0.25, -0.2) is 9.59 Å². The molecule has 7 nitrogen and oxygen atoms in total. The zero-order chi connectivity index (χ0) is 36.2. The number of aromatic carboxylic acids is 2. The fourth-order valence-electron chi connectivity index (χ4n) is 6.16. The number of hydrogen-bond acceptors (Lipinski definition) is 5. The Bertz CT molecular complexity index is 2280. The van der Waals surface area contributed by atoms with E-state index in [1.54, 1.807) is 60.7 Å². The van der Waals surface area contributed by atoms with Crippen molar-refractivity contribution in [2.24, 2.45) is 0 Å². The number of benzene rings is 7. The van der Waals surface area contributed by atoms with Gasteiger partial charge < -0.3 is 20.1 Å². The van der Waals surface area contributed by atoms with Gasteiger partial charge in [-0.05, 0) is 115 Å². The molecule has 0 unspecified atom stereocenters. The van der Waals surface area contributed by atoms with Gasteiger partial charge in [0.05, 0.1) is 11.1 Å². The molecule has 2 N–H and O–H groups in total. The Balaban J connectivity index is 0.00000481. The molecule has 0 radical (unpaired) electrons. The minimum absolute atomic E-state index is 0. The number of ether oxygens (including phenoxy) is 1. The van der Waals surface area contributed by atoms with Gasteiger partial charge in [-0.2, -0.15) is 0 Å². The Kier molecular flexibility index (Phi) is 10.7. The third-order valence-corrected chi connectivity index (χ3v) is 9.00. The second kappa shape index (κ2) is 15.7. The minimum atomic E-state index is -0.987. The molecule has 7 aromatic carbocycles. The van der Waals surface area contributed by atoms with Gasteiger partial charge in [0.2, 0.25) is 0 Å². The zero-order valence-corrected chi connectivity index (χ0v) is 28.5. The summed E-state index contributed by atoms with van der Waals surface area (Å²) >= 11 is 0. The van der Waals surface area contributed by atoms with Gasteiger partial charge in [0.25, 0.3) is 6.47 Å². The largest absolute Gasteiger partial charge is 1.00 e. The van der Waals surface area contributed by atoms with Crippen LogP contribution in [0.25, 0.3) is 66.8 Å². The molecule has 0 aliphatic rings. The second-order valence-corrected chi connectivity index (χ2v) is 12.1. The third kappa shape index (κ3) is 7.83. The van der Waals surface area contributed by atoms with E-state index >= 15 is 0 Å². The van der Waals surface area contributed by atoms with Crippen molar-refractivity contribution in [2.75, 3.05) is 0 Å². The number of rotatable bonds is 10. The number of carbonyl (C=O) groups is 3. The molecule has 0 fully saturated rings. The first-order valence-corrected chi connectivity index (χ1v) is 16.3. The fourth-order valence-corrected chi connectivity index (χ4v) is 6.16. The van der Waals surface area contributed by atoms with E-state index in [9.17, 15) is 29.7 Å². The minimum Gasteiger partial charge on any atom is -0.872 e. The van der Waals surface area contributed by atoms with E-state index in [2.05, 4.69) is 0 Å². The van der Waals surface area contributed by atoms with Crippen LogP contribution in [0.3, 0.4) is 0 Å². The number of carboxylic acids is 2. The summed E-state index contributed by atoms with van der Waals surface area (Å²) < 4.78 is 4.92. The molecule has 0 atom stereocenters. The first-order valence-electron chi connectivity index (χ1n) is 16.3. The molecule has 0 spiro atoms. The van der Waals surface area contributed by atoms with Crippen molar-refractivity contribution in [2.45, 2.75) is 0 Å². The molecule has 0 saturated carbocycles. The average Bonchev–Trinajstić information content (AvgIpc) is 3.19. The van der Waals surface area contributed by atoms with E-state index in [0.717, 1.165) is 55.6 Å². The molecule has 252 valence electrons. The predicted molar refractivity (Wildman–Crippen MR) is 199 cm³/mol. The van der Waals surface area contributed by atoms with Crippen LogP contribution in [0, 0.1) is 0 Å². The van der Waals surface area contributed by atoms with Gasteiger partial charge in [-0.15, -0.1) is 0 Å². The summed E-state index contributed by atoms with van der Waals surface area (Å²) in [4.78, 5) is 33.3. The standard InChI is InChI=1S/C45H30O7.Li/c46-27-52-40-23-21-33(22-24-40)28-1-3-34(4-2-28)39-25-41(35-13-5-29(6-14-35)31-9-17-37(18-10-31)44(48)49)43(47)42(26-39)36-15-7-30(8-16-36)32-11-19-38(20-12-32)45(50)51;/h1-27,47H,(H,48,49)(H,50,51);/q;+1/p-1. The summed E-state index contributed by atoms with van der Waals surface area (Å²) in [5.41, 5.74) is 10.1. The second-order valence-electron chi connectivity index (χ2n) is 12.1. The average molecular weight is 689 g/mol. The summed E-state index contributed by atoms with van der Waals surface area (Å²) in [6.07, 6.45) is 0. The van der Waals surface area contributed by atoms with E-state index < -0.39 is 11.9 Å². The molecule has 0 amide bonds. The van der Waals surface area contributed by atoms with Gasteiger partial charge in [-0.1, -0.05) is 115 Å². The summed E-state index contributed by atoms with van der Waals surface area (Å²) in [5.74, 6) is -1.64. The van der Waals surface area contributed by atoms with Crippen LogP contribution in [-0.4, -0.2) is 28.6 Å². The van der Waals surface area contributed by atoms with Crippen molar-refractivity contribution in [1.29, 1.82) is 0 Å². The van der Waals surface area contributed by atoms with Crippen LogP contribution in [0.2, 0.25) is 0 Å². The van der Waals surface area contributed by atoms with Crippen LogP contribution in [0.5, 0.6) is 11.5 Å². The first kappa shape index (κ1) is 36.1. The van der Waals surface area contributed by atoms with Crippen LogP contribution in [0.4, 0.5) is 0 Å². The van der Waals surface area contributed by atoms with Crippen LogP contribution in [0.15, 0.2) is 158 Å². The van der Waals surface area contributed by atoms with Crippen molar-refractivity contribution in [3.05, 3.63) is 169 Å². The molecule has 0 saturated heterocycles. The molecule has 0 bridgehead atoms. The smallest absolute Gasteiger partial charge is 0.872 e. The van der Waals surface area contributed by atoms with Crippen molar-refractivity contribution >= 4 is 18.4 Å². The summed E-state index contributed by atoms with van der Waals surface area (Å²) in [7, 11) is 0. The van der Waals surface area contributed by atoms with Crippen LogP contribution in [0.1, 0.15) is 20.7 Å². The normalized spacial score (nSPS) is 10.6. The maximum absolute atomic E-state index is 14.2. The topological polar surface area (TPSA) is 124 Å². The zero-order valence-electron chi connectivity index (χ0n) is 28.5. The Morgan fingerprint density at radius 3 is 1.00 bits per heavy atom. The van der Waals surface area contributed by atoms with Crippen molar-refractivity contribution in [3.63, 3.8) is 0 Å². The summed E-state index contributed by atoms with van der Waals surface area (Å²) in [5, 5.41) is 32.8. The van der Waals surface area contributed by atoms with E-state index in [1.165, 1.54) is 0 Å². The molecule has 0 heterocycles. The Morgan fingerprint density at radius 1 is 0.434 bits per heavy atom. The third-order valence-electron chi connectivity index (χ3n) is 9.00. The molecule has 7 aromatic rings. The summed E-state index contributed by atoms with van der Waals surface area (Å²) in [6.45, 7) is 0.394. The number of hydrogen-bond donors (Lipinski definition) is 2. The molecule has 0 aromatic heterocycles. The molecule has 8 heteroatoms. The molecule has 53 heavy (non-hydrogen) atoms. The van der Waals surface area contributed by atoms with E-state index in [4.69, 9.17) is 4.74 Å². The van der Waals surface area contributed by atoms with Crippen molar-refractivity contribution in [3.8, 4) is 78.3 Å². The summed E-state index contributed by atoms with van der Waals surface area (Å²) in [6, 6.07) is 47.6. The van der Waals surface area contributed by atoms with Gasteiger partial charge in [0, 0.05) is 0 Å². The monoisotopic (exact) mass is 688 g/mol. The van der Waals surface area contributed by atoms with E-state index in [0.29, 0.717) is 23.3 Å². The molecule has 0 aliphatic heterocycles. The Morgan fingerprint density at radius 2 is 0.698 bits per heavy atom. The van der Waals surface area contributed by atoms with Crippen LogP contribution >= 0.6 is 0 Å². The maximum atomic E-state index is 14.2. The Labute approximate surface area is 317 Å². The molecular weight excluding hydrogens is 659 g/mol. The quantitative estimate of drug-likeness (QED) is 0.121. The van der Waals surface area contributed by atoms with Crippen molar-refractivity contribution in [1.82, 2.24) is 0 Å². The van der Waals surface area contributed by atoms with Crippen molar-refractivity contribution < 1.29 is 53.3 Å². The SMILES string of the molecule is O=COc1ccc(-c2ccc(-c3cc(-c4ccc(-c5ccc(C(=O)O)cc5)cc4)c([O-])c(-c4ccc(-c5ccc(C(=O)O)cc5)cc4)c3)cc2)cc1.[Li+]. The molecule has 0 aliphatic carbocycles. The molecular formula is C45H29LiO7. The first-order chi connectivity index (χ1) is 25.3. The maximum Gasteiger partial charge on any atom is 1.00 e. The van der Waals surface area contributed by atoms with Gasteiger partial charge in [-0.3, -0.25) is 4.79 Å². The number of carbonyl (C=O) groups excluding carboxylic acids is 1. The van der Waals surface area contributed by atoms with Gasteiger partial charge >= 0.3 is 30.8 Å². The fraction of sp³-hybridized carbons (Fsp3) is 0. The van der Waals surface area contributed by atoms with E-state index in [-0.39, 0.29) is 35.7 Å². The van der Waals surface area contributed by atoms with Gasteiger partial charge in [0.15, 0.2) is 0 Å². The van der Waals surface area contributed by atoms with E-state index in [1.807, 2.05) is 97.1 Å². The van der Waals surface area contributed by atoms with Crippen LogP contribution in [-0.2, 0) is 4.79 Å².